The molecule has 1 atom stereocenters. The van der Waals surface area contributed by atoms with E-state index in [-0.39, 0.29) is 18.0 Å². The molecule has 7 nitrogen and oxygen atoms in total. The second-order valence-electron chi connectivity index (χ2n) is 8.50. The molecular formula is C22H26N4O3. The van der Waals surface area contributed by atoms with Crippen molar-refractivity contribution in [2.45, 2.75) is 70.5 Å². The Labute approximate surface area is 170 Å². The standard InChI is InChI=1S/C22H26N4O3/c1-15(2)28-19-10-17(7-6-16-4-5-16)11-23-21(19)18-12-26(25-24-18)13-20-27-14-22(29-20)8-3-9-22/h10-12,15-16,20H,3-5,8-9,13-14H2,1-2H3. The van der Waals surface area contributed by atoms with Gasteiger partial charge in [-0.25, -0.2) is 9.67 Å². The molecule has 29 heavy (non-hydrogen) atoms. The van der Waals surface area contributed by atoms with Crippen molar-refractivity contribution in [3.8, 4) is 29.0 Å². The number of nitrogens with zero attached hydrogens (tertiary/aromatic N) is 4. The molecule has 2 saturated carbocycles. The first-order valence-corrected chi connectivity index (χ1v) is 10.5. The van der Waals surface area contributed by atoms with Crippen molar-refractivity contribution in [1.29, 1.82) is 0 Å². The van der Waals surface area contributed by atoms with Crippen LogP contribution in [-0.2, 0) is 16.0 Å². The Kier molecular flexibility index (Phi) is 4.76. The predicted molar refractivity (Wildman–Crippen MR) is 106 cm³/mol. The lowest BCUT2D eigenvalue weighted by Gasteiger charge is -2.35. The van der Waals surface area contributed by atoms with Crippen LogP contribution in [-0.4, -0.2) is 44.6 Å². The van der Waals surface area contributed by atoms with Crippen LogP contribution >= 0.6 is 0 Å². The van der Waals surface area contributed by atoms with Gasteiger partial charge in [-0.1, -0.05) is 17.1 Å². The van der Waals surface area contributed by atoms with Crippen LogP contribution in [0.25, 0.3) is 11.4 Å². The van der Waals surface area contributed by atoms with E-state index in [1.54, 1.807) is 10.9 Å². The van der Waals surface area contributed by atoms with Crippen LogP contribution in [0.3, 0.4) is 0 Å². The highest BCUT2D eigenvalue weighted by Crippen LogP contribution is 2.41. The van der Waals surface area contributed by atoms with Gasteiger partial charge in [-0.05, 0) is 52.0 Å². The van der Waals surface area contributed by atoms with Crippen LogP contribution in [0.1, 0.15) is 51.5 Å². The van der Waals surface area contributed by atoms with E-state index >= 15 is 0 Å². The normalized spacial score (nSPS) is 22.4. The average Bonchev–Trinajstić information content (AvgIpc) is 3.20. The molecule has 0 bridgehead atoms. The maximum absolute atomic E-state index is 6.08. The van der Waals surface area contributed by atoms with Gasteiger partial charge in [0, 0.05) is 17.7 Å². The molecule has 7 heteroatoms. The highest BCUT2D eigenvalue weighted by molar-refractivity contribution is 5.63. The molecule has 0 radical (unpaired) electrons. The fraction of sp³-hybridized carbons (Fsp3) is 0.591. The van der Waals surface area contributed by atoms with Gasteiger partial charge in [0.1, 0.15) is 17.1 Å². The van der Waals surface area contributed by atoms with Gasteiger partial charge in [0.2, 0.25) is 0 Å². The van der Waals surface area contributed by atoms with Crippen molar-refractivity contribution in [2.24, 2.45) is 5.92 Å². The van der Waals surface area contributed by atoms with Crippen LogP contribution in [0.2, 0.25) is 0 Å². The third-order valence-corrected chi connectivity index (χ3v) is 5.51. The van der Waals surface area contributed by atoms with Crippen LogP contribution in [0, 0.1) is 17.8 Å². The smallest absolute Gasteiger partial charge is 0.178 e. The SMILES string of the molecule is CC(C)Oc1cc(C#CC2CC2)cnc1-c1cn(CC2OCC3(CCC3)O2)nn1. The first-order chi connectivity index (χ1) is 14.1. The largest absolute Gasteiger partial charge is 0.489 e. The zero-order chi connectivity index (χ0) is 19.8. The molecular weight excluding hydrogens is 368 g/mol. The average molecular weight is 394 g/mol. The third kappa shape index (κ3) is 4.14. The summed E-state index contributed by atoms with van der Waals surface area (Å²) in [5.41, 5.74) is 2.15. The van der Waals surface area contributed by atoms with Gasteiger partial charge in [-0.2, -0.15) is 0 Å². The Balaban J connectivity index is 1.33. The topological polar surface area (TPSA) is 71.3 Å². The molecule has 2 aromatic rings. The lowest BCUT2D eigenvalue weighted by Crippen LogP contribution is -2.40. The molecule has 152 valence electrons. The van der Waals surface area contributed by atoms with Crippen molar-refractivity contribution in [3.05, 3.63) is 24.0 Å². The number of hydrogen-bond donors (Lipinski definition) is 0. The van der Waals surface area contributed by atoms with Crippen molar-refractivity contribution in [3.63, 3.8) is 0 Å². The van der Waals surface area contributed by atoms with Crippen molar-refractivity contribution in [2.75, 3.05) is 6.61 Å². The first kappa shape index (κ1) is 18.6. The van der Waals surface area contributed by atoms with Crippen LogP contribution < -0.4 is 4.74 Å². The van der Waals surface area contributed by atoms with E-state index in [1.165, 1.54) is 19.3 Å². The minimum absolute atomic E-state index is 0.0243. The molecule has 1 saturated heterocycles. The second-order valence-corrected chi connectivity index (χ2v) is 8.50. The van der Waals surface area contributed by atoms with Gasteiger partial charge < -0.3 is 14.2 Å². The maximum atomic E-state index is 6.08. The summed E-state index contributed by atoms with van der Waals surface area (Å²) in [5.74, 6) is 7.69. The van der Waals surface area contributed by atoms with Crippen LogP contribution in [0.5, 0.6) is 5.75 Å². The van der Waals surface area contributed by atoms with Crippen LogP contribution in [0.4, 0.5) is 0 Å². The Hall–Kier alpha value is -2.43. The fourth-order valence-electron chi connectivity index (χ4n) is 3.63. The van der Waals surface area contributed by atoms with Crippen molar-refractivity contribution in [1.82, 2.24) is 20.0 Å². The molecule has 0 aromatic carbocycles. The molecule has 1 aliphatic heterocycles. The summed E-state index contributed by atoms with van der Waals surface area (Å²) < 4.78 is 19.6. The summed E-state index contributed by atoms with van der Waals surface area (Å²) in [6, 6.07) is 1.94. The summed E-state index contributed by atoms with van der Waals surface area (Å²) in [6.45, 7) is 5.18. The number of hydrogen-bond acceptors (Lipinski definition) is 6. The fourth-order valence-corrected chi connectivity index (χ4v) is 3.63. The number of ether oxygens (including phenoxy) is 3. The number of aromatic nitrogens is 4. The van der Waals surface area contributed by atoms with Crippen LogP contribution in [0.15, 0.2) is 18.5 Å². The first-order valence-electron chi connectivity index (χ1n) is 10.5. The van der Waals surface area contributed by atoms with Gasteiger partial charge in [-0.3, -0.25) is 0 Å². The zero-order valence-electron chi connectivity index (χ0n) is 16.9. The predicted octanol–water partition coefficient (Wildman–Crippen LogP) is 3.18. The van der Waals surface area contributed by atoms with E-state index < -0.39 is 0 Å². The molecule has 2 aromatic heterocycles. The molecule has 1 spiro atoms. The number of pyridine rings is 1. The minimum atomic E-state index is -0.274. The molecule has 0 N–H and O–H groups in total. The van der Waals surface area contributed by atoms with E-state index in [0.717, 1.165) is 18.4 Å². The van der Waals surface area contributed by atoms with Gasteiger partial charge in [0.05, 0.1) is 31.1 Å². The monoisotopic (exact) mass is 394 g/mol. The Bertz CT molecular complexity index is 950. The molecule has 0 amide bonds. The van der Waals surface area contributed by atoms with E-state index in [0.29, 0.717) is 36.2 Å². The van der Waals surface area contributed by atoms with Gasteiger partial charge in [0.25, 0.3) is 0 Å². The summed E-state index contributed by atoms with van der Waals surface area (Å²) >= 11 is 0. The van der Waals surface area contributed by atoms with E-state index in [9.17, 15) is 0 Å². The lowest BCUT2D eigenvalue weighted by molar-refractivity contribution is -0.123. The molecule has 3 fully saturated rings. The maximum Gasteiger partial charge on any atom is 0.178 e. The summed E-state index contributed by atoms with van der Waals surface area (Å²) in [5, 5.41) is 8.55. The highest BCUT2D eigenvalue weighted by Gasteiger charge is 2.46. The summed E-state index contributed by atoms with van der Waals surface area (Å²) in [4.78, 5) is 4.59. The second kappa shape index (κ2) is 7.43. The third-order valence-electron chi connectivity index (χ3n) is 5.51. The van der Waals surface area contributed by atoms with Gasteiger partial charge in [0.15, 0.2) is 6.29 Å². The van der Waals surface area contributed by atoms with Gasteiger partial charge in [-0.15, -0.1) is 5.10 Å². The highest BCUT2D eigenvalue weighted by atomic mass is 16.7. The molecule has 2 aliphatic carbocycles. The summed E-state index contributed by atoms with van der Waals surface area (Å²) in [6.07, 6.45) is 9.18. The van der Waals surface area contributed by atoms with Crippen molar-refractivity contribution < 1.29 is 14.2 Å². The van der Waals surface area contributed by atoms with E-state index in [2.05, 4.69) is 27.1 Å². The van der Waals surface area contributed by atoms with E-state index in [1.807, 2.05) is 26.1 Å². The molecule has 3 heterocycles. The number of rotatable bonds is 5. The Morgan fingerprint density at radius 3 is 2.90 bits per heavy atom. The molecule has 3 aliphatic rings. The molecule has 1 unspecified atom stereocenters. The Morgan fingerprint density at radius 2 is 2.21 bits per heavy atom. The minimum Gasteiger partial charge on any atom is -0.489 e. The van der Waals surface area contributed by atoms with E-state index in [4.69, 9.17) is 14.2 Å². The van der Waals surface area contributed by atoms with Crippen molar-refractivity contribution >= 4 is 0 Å². The lowest BCUT2D eigenvalue weighted by atomic mass is 9.81. The Morgan fingerprint density at radius 1 is 1.34 bits per heavy atom. The zero-order valence-corrected chi connectivity index (χ0v) is 16.9. The van der Waals surface area contributed by atoms with Gasteiger partial charge >= 0.3 is 0 Å². The quantitative estimate of drug-likeness (QED) is 0.726. The molecule has 5 rings (SSSR count). The summed E-state index contributed by atoms with van der Waals surface area (Å²) in [7, 11) is 0.